The Bertz CT molecular complexity index is 1050. The number of methoxy groups -OCH3 is 1. The monoisotopic (exact) mass is 463 g/mol. The molecular formula is C22H29N3O4S2. The molecule has 2 aromatic carbocycles. The molecule has 0 aromatic heterocycles. The van der Waals surface area contributed by atoms with Crippen molar-refractivity contribution in [2.45, 2.75) is 23.6 Å². The van der Waals surface area contributed by atoms with Gasteiger partial charge in [0.15, 0.2) is 0 Å². The number of carbonyl (C=O) groups is 1. The van der Waals surface area contributed by atoms with Crippen molar-refractivity contribution in [3.05, 3.63) is 47.5 Å². The van der Waals surface area contributed by atoms with Crippen LogP contribution in [0.4, 0.5) is 5.69 Å². The molecule has 0 saturated carbocycles. The fourth-order valence-electron chi connectivity index (χ4n) is 3.32. The number of anilines is 1. The van der Waals surface area contributed by atoms with Crippen LogP contribution in [-0.2, 0) is 14.8 Å². The zero-order valence-electron chi connectivity index (χ0n) is 18.3. The molecule has 9 heteroatoms. The molecule has 1 aliphatic heterocycles. The molecule has 2 aromatic rings. The van der Waals surface area contributed by atoms with Crippen molar-refractivity contribution < 1.29 is 17.9 Å². The molecule has 1 heterocycles. The van der Waals surface area contributed by atoms with E-state index in [4.69, 9.17) is 4.74 Å². The van der Waals surface area contributed by atoms with Gasteiger partial charge in [0.2, 0.25) is 15.9 Å². The Hall–Kier alpha value is -2.07. The van der Waals surface area contributed by atoms with Crippen LogP contribution in [0.5, 0.6) is 5.75 Å². The van der Waals surface area contributed by atoms with Crippen LogP contribution in [0.2, 0.25) is 0 Å². The maximum atomic E-state index is 13.1. The van der Waals surface area contributed by atoms with E-state index in [-0.39, 0.29) is 16.6 Å². The van der Waals surface area contributed by atoms with Gasteiger partial charge < -0.3 is 15.0 Å². The summed E-state index contributed by atoms with van der Waals surface area (Å²) in [5.41, 5.74) is 2.60. The third-order valence-electron chi connectivity index (χ3n) is 5.25. The molecule has 1 amide bonds. The molecule has 1 aliphatic rings. The van der Waals surface area contributed by atoms with Gasteiger partial charge >= 0.3 is 0 Å². The van der Waals surface area contributed by atoms with E-state index < -0.39 is 10.0 Å². The molecular weight excluding hydrogens is 434 g/mol. The predicted octanol–water partition coefficient (Wildman–Crippen LogP) is 2.98. The lowest BCUT2D eigenvalue weighted by Gasteiger charge is -2.31. The molecule has 1 saturated heterocycles. The number of nitrogens with zero attached hydrogens (tertiary/aromatic N) is 2. The molecule has 0 aliphatic carbocycles. The molecule has 168 valence electrons. The minimum absolute atomic E-state index is 0.148. The summed E-state index contributed by atoms with van der Waals surface area (Å²) in [5.74, 6) is 0.406. The third-order valence-corrected chi connectivity index (χ3v) is 8.30. The van der Waals surface area contributed by atoms with Gasteiger partial charge in [0.1, 0.15) is 5.75 Å². The highest BCUT2D eigenvalue weighted by Crippen LogP contribution is 2.30. The Balaban J connectivity index is 1.74. The maximum absolute atomic E-state index is 13.1. The number of hydrogen-bond acceptors (Lipinski definition) is 6. The van der Waals surface area contributed by atoms with Crippen LogP contribution in [0.1, 0.15) is 11.1 Å². The SMILES string of the molecule is COc1ccc(S(=O)(=O)N2CCN(C)CC2)cc1NC(=O)CSc1cc(C)ccc1C. The van der Waals surface area contributed by atoms with Gasteiger partial charge in [-0.1, -0.05) is 17.7 Å². The second-order valence-electron chi connectivity index (χ2n) is 7.68. The van der Waals surface area contributed by atoms with Crippen molar-refractivity contribution >= 4 is 33.4 Å². The highest BCUT2D eigenvalue weighted by Gasteiger charge is 2.28. The van der Waals surface area contributed by atoms with E-state index >= 15 is 0 Å². The Morgan fingerprint density at radius 3 is 2.48 bits per heavy atom. The quantitative estimate of drug-likeness (QED) is 0.636. The average Bonchev–Trinajstić information content (AvgIpc) is 2.74. The summed E-state index contributed by atoms with van der Waals surface area (Å²) in [6, 6.07) is 10.7. The molecule has 1 N–H and O–H groups in total. The van der Waals surface area contributed by atoms with Crippen LogP contribution in [0.25, 0.3) is 0 Å². The zero-order chi connectivity index (χ0) is 22.6. The number of aryl methyl sites for hydroxylation is 2. The fourth-order valence-corrected chi connectivity index (χ4v) is 5.69. The summed E-state index contributed by atoms with van der Waals surface area (Å²) in [6.45, 7) is 6.29. The Labute approximate surface area is 188 Å². The topological polar surface area (TPSA) is 79.0 Å². The maximum Gasteiger partial charge on any atom is 0.243 e. The van der Waals surface area contributed by atoms with Gasteiger partial charge in [-0.25, -0.2) is 8.42 Å². The second kappa shape index (κ2) is 10.0. The van der Waals surface area contributed by atoms with Gasteiger partial charge in [0.05, 0.1) is 23.4 Å². The summed E-state index contributed by atoms with van der Waals surface area (Å²) < 4.78 is 32.9. The number of piperazine rings is 1. The normalized spacial score (nSPS) is 15.6. The predicted molar refractivity (Wildman–Crippen MR) is 125 cm³/mol. The summed E-state index contributed by atoms with van der Waals surface area (Å²) in [7, 11) is -0.176. The van der Waals surface area contributed by atoms with E-state index in [1.165, 1.54) is 35.3 Å². The summed E-state index contributed by atoms with van der Waals surface area (Å²) in [6.07, 6.45) is 0. The first-order chi connectivity index (χ1) is 14.7. The van der Waals surface area contributed by atoms with Gasteiger partial charge in [-0.05, 0) is 50.7 Å². The average molecular weight is 464 g/mol. The van der Waals surface area contributed by atoms with E-state index in [0.29, 0.717) is 37.6 Å². The second-order valence-corrected chi connectivity index (χ2v) is 10.6. The van der Waals surface area contributed by atoms with E-state index in [1.807, 2.05) is 33.0 Å². The molecule has 3 rings (SSSR count). The molecule has 0 radical (unpaired) electrons. The van der Waals surface area contributed by atoms with Crippen molar-refractivity contribution in [3.8, 4) is 5.75 Å². The van der Waals surface area contributed by atoms with Crippen LogP contribution in [0.15, 0.2) is 46.2 Å². The minimum atomic E-state index is -3.64. The van der Waals surface area contributed by atoms with Crippen LogP contribution in [0.3, 0.4) is 0 Å². The third kappa shape index (κ3) is 5.79. The molecule has 0 unspecified atom stereocenters. The smallest absolute Gasteiger partial charge is 0.243 e. The summed E-state index contributed by atoms with van der Waals surface area (Å²) in [5, 5.41) is 2.81. The minimum Gasteiger partial charge on any atom is -0.495 e. The van der Waals surface area contributed by atoms with Crippen molar-refractivity contribution in [3.63, 3.8) is 0 Å². The van der Waals surface area contributed by atoms with E-state index in [1.54, 1.807) is 6.07 Å². The van der Waals surface area contributed by atoms with Crippen LogP contribution in [0, 0.1) is 13.8 Å². The number of likely N-dealkylation sites (N-methyl/N-ethyl adjacent to an activating group) is 1. The number of nitrogens with one attached hydrogen (secondary N) is 1. The van der Waals surface area contributed by atoms with Crippen LogP contribution >= 0.6 is 11.8 Å². The van der Waals surface area contributed by atoms with Gasteiger partial charge in [0.25, 0.3) is 0 Å². The van der Waals surface area contributed by atoms with E-state index in [2.05, 4.69) is 16.3 Å². The fraction of sp³-hybridized carbons (Fsp3) is 0.409. The number of ether oxygens (including phenoxy) is 1. The number of rotatable bonds is 7. The number of sulfonamides is 1. The first-order valence-electron chi connectivity index (χ1n) is 10.1. The summed E-state index contributed by atoms with van der Waals surface area (Å²) in [4.78, 5) is 15.9. The first kappa shape index (κ1) is 23.6. The zero-order valence-corrected chi connectivity index (χ0v) is 20.0. The van der Waals surface area contributed by atoms with Crippen LogP contribution < -0.4 is 10.1 Å². The Morgan fingerprint density at radius 2 is 1.81 bits per heavy atom. The number of amides is 1. The lowest BCUT2D eigenvalue weighted by atomic mass is 10.2. The van der Waals surface area contributed by atoms with Gasteiger partial charge in [0, 0.05) is 31.1 Å². The van der Waals surface area contributed by atoms with Gasteiger partial charge in [-0.3, -0.25) is 4.79 Å². The van der Waals surface area contributed by atoms with E-state index in [9.17, 15) is 13.2 Å². The van der Waals surface area contributed by atoms with E-state index in [0.717, 1.165) is 16.0 Å². The molecule has 0 bridgehead atoms. The Morgan fingerprint density at radius 1 is 1.10 bits per heavy atom. The Kier molecular flexibility index (Phi) is 7.64. The number of benzene rings is 2. The highest BCUT2D eigenvalue weighted by atomic mass is 32.2. The highest BCUT2D eigenvalue weighted by molar-refractivity contribution is 8.00. The van der Waals surface area contributed by atoms with Gasteiger partial charge in [-0.15, -0.1) is 11.8 Å². The van der Waals surface area contributed by atoms with Crippen molar-refractivity contribution in [1.82, 2.24) is 9.21 Å². The summed E-state index contributed by atoms with van der Waals surface area (Å²) >= 11 is 1.45. The number of carbonyl (C=O) groups excluding carboxylic acids is 1. The first-order valence-corrected chi connectivity index (χ1v) is 12.5. The molecule has 31 heavy (non-hydrogen) atoms. The molecule has 0 atom stereocenters. The molecule has 7 nitrogen and oxygen atoms in total. The number of hydrogen-bond donors (Lipinski definition) is 1. The van der Waals surface area contributed by atoms with Crippen molar-refractivity contribution in [2.75, 3.05) is 51.4 Å². The molecule has 0 spiro atoms. The van der Waals surface area contributed by atoms with Gasteiger partial charge in [-0.2, -0.15) is 4.31 Å². The number of thioether (sulfide) groups is 1. The standard InChI is InChI=1S/C22H29N3O4S2/c1-16-5-6-17(2)21(13-16)30-15-22(26)23-19-14-18(7-8-20(19)29-4)31(27,28)25-11-9-24(3)10-12-25/h5-8,13-14H,9-12,15H2,1-4H3,(H,23,26). The lowest BCUT2D eigenvalue weighted by molar-refractivity contribution is -0.113. The lowest BCUT2D eigenvalue weighted by Crippen LogP contribution is -2.47. The van der Waals surface area contributed by atoms with Crippen molar-refractivity contribution in [1.29, 1.82) is 0 Å². The van der Waals surface area contributed by atoms with Crippen LogP contribution in [-0.4, -0.2) is 69.6 Å². The van der Waals surface area contributed by atoms with Crippen molar-refractivity contribution in [2.24, 2.45) is 0 Å². The largest absolute Gasteiger partial charge is 0.495 e. The molecule has 1 fully saturated rings.